The van der Waals surface area contributed by atoms with Crippen molar-refractivity contribution >= 4 is 58.3 Å². The number of nitrogens with zero attached hydrogens (tertiary/aromatic N) is 2. The van der Waals surface area contributed by atoms with Crippen LogP contribution in [0.5, 0.6) is 0 Å². The van der Waals surface area contributed by atoms with Gasteiger partial charge in [0.05, 0.1) is 9.42 Å². The molecule has 0 bridgehead atoms. The van der Waals surface area contributed by atoms with Crippen molar-refractivity contribution < 1.29 is 9.53 Å². The predicted molar refractivity (Wildman–Crippen MR) is 96.3 cm³/mol. The topological polar surface area (TPSA) is 75.1 Å². The second-order valence-corrected chi connectivity index (χ2v) is 9.56. The lowest BCUT2D eigenvalue weighted by molar-refractivity contribution is -0.125. The third kappa shape index (κ3) is 3.35. The smallest absolute Gasteiger partial charge is 0.256 e. The molecule has 1 aromatic carbocycles. The number of hydrogen-bond acceptors (Lipinski definition) is 7. The monoisotopic (exact) mass is 404 g/mol. The van der Waals surface area contributed by atoms with E-state index in [2.05, 4.69) is 20.9 Å². The molecular formula is C14H14Cl2N4O2S2. The second kappa shape index (κ2) is 6.92. The molecule has 1 fully saturated rings. The number of hydrogen-bond donors (Lipinski definition) is 2. The summed E-state index contributed by atoms with van der Waals surface area (Å²) in [5, 5.41) is 13.6. The molecule has 1 saturated heterocycles. The van der Waals surface area contributed by atoms with E-state index in [0.717, 1.165) is 10.6 Å². The number of fused-ring (bicyclic) bond motifs is 1. The zero-order valence-corrected chi connectivity index (χ0v) is 15.4. The van der Waals surface area contributed by atoms with Gasteiger partial charge in [0.1, 0.15) is 0 Å². The normalized spacial score (nSPS) is 37.2. The third-order valence-corrected chi connectivity index (χ3v) is 7.31. The minimum absolute atomic E-state index is 0.00643. The maximum Gasteiger partial charge on any atom is 0.256 e. The Labute approximate surface area is 157 Å². The number of amides is 1. The zero-order valence-electron chi connectivity index (χ0n) is 12.3. The Morgan fingerprint density at radius 2 is 2.17 bits per heavy atom. The Kier molecular flexibility index (Phi) is 4.83. The van der Waals surface area contributed by atoms with Crippen LogP contribution in [-0.2, 0) is 9.53 Å². The van der Waals surface area contributed by atoms with E-state index in [0.29, 0.717) is 6.42 Å². The van der Waals surface area contributed by atoms with Gasteiger partial charge in [-0.05, 0) is 18.6 Å². The molecule has 3 aliphatic rings. The van der Waals surface area contributed by atoms with Gasteiger partial charge < -0.3 is 15.4 Å². The lowest BCUT2D eigenvalue weighted by Gasteiger charge is -2.19. The molecule has 1 amide bonds. The molecule has 6 unspecified atom stereocenters. The second-order valence-electron chi connectivity index (χ2n) is 5.55. The fourth-order valence-electron chi connectivity index (χ4n) is 2.73. The van der Waals surface area contributed by atoms with Gasteiger partial charge in [-0.2, -0.15) is 5.11 Å². The number of carbonyl (C=O) groups is 1. The summed E-state index contributed by atoms with van der Waals surface area (Å²) < 4.78 is 5.51. The van der Waals surface area contributed by atoms with E-state index in [1.807, 2.05) is 24.3 Å². The van der Waals surface area contributed by atoms with Crippen LogP contribution in [0, 0.1) is 5.92 Å². The van der Waals surface area contributed by atoms with E-state index in [4.69, 9.17) is 27.9 Å². The van der Waals surface area contributed by atoms with Crippen molar-refractivity contribution in [2.45, 2.75) is 38.7 Å². The lowest BCUT2D eigenvalue weighted by atomic mass is 10.1. The molecule has 0 aromatic heterocycles. The number of carbonyl (C=O) groups excluding carboxylic acids is 1. The molecule has 10 heteroatoms. The Balaban J connectivity index is 1.31. The summed E-state index contributed by atoms with van der Waals surface area (Å²) in [4.78, 5) is 13.4. The molecule has 6 nitrogen and oxygen atoms in total. The molecule has 128 valence electrons. The minimum Gasteiger partial charge on any atom is -0.364 e. The van der Waals surface area contributed by atoms with Crippen molar-refractivity contribution in [1.82, 2.24) is 5.32 Å². The van der Waals surface area contributed by atoms with Crippen molar-refractivity contribution in [1.29, 1.82) is 0 Å². The molecule has 6 atom stereocenters. The van der Waals surface area contributed by atoms with Gasteiger partial charge in [0.15, 0.2) is 11.6 Å². The highest BCUT2D eigenvalue weighted by atomic mass is 35.5. The number of para-hydroxylation sites is 1. The fourth-order valence-corrected chi connectivity index (χ4v) is 6.11. The van der Waals surface area contributed by atoms with Crippen LogP contribution in [0.3, 0.4) is 0 Å². The van der Waals surface area contributed by atoms with Crippen LogP contribution in [0.4, 0.5) is 5.69 Å². The quantitative estimate of drug-likeness (QED) is 0.752. The molecule has 0 saturated carbocycles. The van der Waals surface area contributed by atoms with Crippen molar-refractivity contribution in [2.75, 3.05) is 5.32 Å². The number of rotatable bonds is 3. The maximum atomic E-state index is 12.4. The number of nitrogens with one attached hydrogen (secondary N) is 2. The van der Waals surface area contributed by atoms with Gasteiger partial charge in [0.25, 0.3) is 5.91 Å². The average molecular weight is 405 g/mol. The van der Waals surface area contributed by atoms with Crippen molar-refractivity contribution in [3.63, 3.8) is 0 Å². The Morgan fingerprint density at radius 3 is 2.92 bits per heavy atom. The SMILES string of the molecule is O=C(NC1N=NC(C2CC(Cl)SC2Cl)O1)C1Nc2ccccc2S1. The number of alkyl halides is 2. The molecule has 1 aromatic rings. The Morgan fingerprint density at radius 1 is 1.33 bits per heavy atom. The number of azo groups is 1. The summed E-state index contributed by atoms with van der Waals surface area (Å²) in [7, 11) is 0. The number of anilines is 1. The molecule has 0 aliphatic carbocycles. The van der Waals surface area contributed by atoms with Gasteiger partial charge >= 0.3 is 0 Å². The maximum absolute atomic E-state index is 12.4. The van der Waals surface area contributed by atoms with Crippen molar-refractivity contribution in [3.8, 4) is 0 Å². The first-order valence-electron chi connectivity index (χ1n) is 7.42. The van der Waals surface area contributed by atoms with Crippen LogP contribution in [0.1, 0.15) is 6.42 Å². The van der Waals surface area contributed by atoms with Gasteiger partial charge in [-0.3, -0.25) is 4.79 Å². The van der Waals surface area contributed by atoms with E-state index in [1.165, 1.54) is 23.5 Å². The summed E-state index contributed by atoms with van der Waals surface area (Å²) in [6, 6.07) is 7.79. The van der Waals surface area contributed by atoms with Crippen LogP contribution in [-0.4, -0.2) is 33.3 Å². The predicted octanol–water partition coefficient (Wildman–Crippen LogP) is 3.62. The van der Waals surface area contributed by atoms with E-state index in [9.17, 15) is 4.79 Å². The molecular weight excluding hydrogens is 391 g/mol. The zero-order chi connectivity index (χ0) is 16.7. The number of halogens is 2. The van der Waals surface area contributed by atoms with Crippen LogP contribution in [0.25, 0.3) is 0 Å². The highest BCUT2D eigenvalue weighted by Gasteiger charge is 2.42. The molecule has 3 heterocycles. The van der Waals surface area contributed by atoms with Crippen molar-refractivity contribution in [3.05, 3.63) is 24.3 Å². The molecule has 0 spiro atoms. The molecule has 2 N–H and O–H groups in total. The highest BCUT2D eigenvalue weighted by molar-refractivity contribution is 8.03. The van der Waals surface area contributed by atoms with E-state index in [-0.39, 0.29) is 21.2 Å². The van der Waals surface area contributed by atoms with Gasteiger partial charge in [-0.1, -0.05) is 23.9 Å². The van der Waals surface area contributed by atoms with E-state index in [1.54, 1.807) is 0 Å². The summed E-state index contributed by atoms with van der Waals surface area (Å²) in [6.45, 7) is 0. The first-order chi connectivity index (χ1) is 11.6. The first-order valence-corrected chi connectivity index (χ1v) is 10.1. The highest BCUT2D eigenvalue weighted by Crippen LogP contribution is 2.46. The summed E-state index contributed by atoms with van der Waals surface area (Å²) in [5.41, 5.74) is 0.954. The van der Waals surface area contributed by atoms with Gasteiger partial charge in [-0.15, -0.1) is 40.1 Å². The van der Waals surface area contributed by atoms with Gasteiger partial charge in [0.2, 0.25) is 6.35 Å². The largest absolute Gasteiger partial charge is 0.364 e. The van der Waals surface area contributed by atoms with Crippen molar-refractivity contribution in [2.24, 2.45) is 16.1 Å². The average Bonchev–Trinajstić information content (AvgIpc) is 3.25. The van der Waals surface area contributed by atoms with Crippen LogP contribution >= 0.6 is 46.7 Å². The molecule has 4 rings (SSSR count). The first kappa shape index (κ1) is 16.8. The van der Waals surface area contributed by atoms with Gasteiger partial charge in [-0.25, -0.2) is 0 Å². The summed E-state index contributed by atoms with van der Waals surface area (Å²) in [5.74, 6) is -0.202. The summed E-state index contributed by atoms with van der Waals surface area (Å²) in [6.07, 6.45) is -0.535. The molecule has 3 aliphatic heterocycles. The van der Waals surface area contributed by atoms with Crippen LogP contribution in [0.2, 0.25) is 0 Å². The number of benzene rings is 1. The van der Waals surface area contributed by atoms with Crippen LogP contribution in [0.15, 0.2) is 39.4 Å². The third-order valence-electron chi connectivity index (χ3n) is 3.91. The number of ether oxygens (including phenoxy) is 1. The summed E-state index contributed by atoms with van der Waals surface area (Å²) >= 11 is 15.3. The van der Waals surface area contributed by atoms with Gasteiger partial charge in [0, 0.05) is 16.5 Å². The van der Waals surface area contributed by atoms with Crippen LogP contribution < -0.4 is 10.6 Å². The Bertz CT molecular complexity index is 655. The lowest BCUT2D eigenvalue weighted by Crippen LogP contribution is -2.42. The van der Waals surface area contributed by atoms with E-state index < -0.39 is 18.0 Å². The molecule has 24 heavy (non-hydrogen) atoms. The molecule has 0 radical (unpaired) electrons. The van der Waals surface area contributed by atoms with E-state index >= 15 is 0 Å². The standard InChI is InChI=1S/C14H14Cl2N4O2S2/c15-9-5-6(10(16)24-9)12-19-20-14(22-12)18-11(21)13-17-7-3-1-2-4-8(7)23-13/h1-4,6,9-10,12-14,17H,5H2,(H,18,21). The Hall–Kier alpha value is -0.670. The number of thioether (sulfide) groups is 2. The minimum atomic E-state index is -0.781. The fraction of sp³-hybridized carbons (Fsp3) is 0.500.